The first-order valence-corrected chi connectivity index (χ1v) is 8.58. The number of aromatic nitrogens is 2. The predicted molar refractivity (Wildman–Crippen MR) is 89.5 cm³/mol. The molecule has 3 heterocycles. The highest BCUT2D eigenvalue weighted by Gasteiger charge is 2.36. The minimum absolute atomic E-state index is 0.160. The van der Waals surface area contributed by atoms with Crippen LogP contribution in [0.4, 0.5) is 10.2 Å². The molecule has 1 saturated heterocycles. The van der Waals surface area contributed by atoms with Crippen LogP contribution in [0.3, 0.4) is 0 Å². The number of aliphatic hydroxyl groups is 1. The Morgan fingerprint density at radius 2 is 2.38 bits per heavy atom. The van der Waals surface area contributed by atoms with Crippen LogP contribution in [0.25, 0.3) is 0 Å². The number of nitrogens with one attached hydrogen (secondary N) is 1. The van der Waals surface area contributed by atoms with Gasteiger partial charge in [0.25, 0.3) is 0 Å². The number of carbonyl (C=O) groups excluding carboxylic acids is 1. The Labute approximate surface area is 143 Å². The average Bonchev–Trinajstić information content (AvgIpc) is 3.13. The Kier molecular flexibility index (Phi) is 4.77. The molecule has 8 heteroatoms. The summed E-state index contributed by atoms with van der Waals surface area (Å²) in [5, 5.41) is 16.2. The van der Waals surface area contributed by atoms with Crippen LogP contribution in [0.15, 0.2) is 23.7 Å². The van der Waals surface area contributed by atoms with Gasteiger partial charge < -0.3 is 15.3 Å². The highest BCUT2D eigenvalue weighted by atomic mass is 32.1. The van der Waals surface area contributed by atoms with Crippen molar-refractivity contribution in [1.82, 2.24) is 15.3 Å². The second-order valence-electron chi connectivity index (χ2n) is 6.04. The van der Waals surface area contributed by atoms with Crippen LogP contribution in [-0.4, -0.2) is 46.2 Å². The summed E-state index contributed by atoms with van der Waals surface area (Å²) in [4.78, 5) is 22.1. The Morgan fingerprint density at radius 1 is 1.54 bits per heavy atom. The molecular formula is C16H19FN4O2S. The van der Waals surface area contributed by atoms with Crippen molar-refractivity contribution >= 4 is 23.1 Å². The molecule has 0 bridgehead atoms. The van der Waals surface area contributed by atoms with Gasteiger partial charge in [-0.3, -0.25) is 4.79 Å². The molecule has 128 valence electrons. The molecule has 6 nitrogen and oxygen atoms in total. The van der Waals surface area contributed by atoms with Crippen LogP contribution in [0, 0.1) is 12.7 Å². The van der Waals surface area contributed by atoms with Crippen molar-refractivity contribution in [2.75, 3.05) is 24.5 Å². The maximum Gasteiger partial charge on any atom is 0.226 e. The van der Waals surface area contributed by atoms with E-state index in [-0.39, 0.29) is 18.9 Å². The van der Waals surface area contributed by atoms with E-state index in [1.807, 2.05) is 17.2 Å². The summed E-state index contributed by atoms with van der Waals surface area (Å²) in [6, 6.07) is 2.93. The van der Waals surface area contributed by atoms with E-state index < -0.39 is 11.4 Å². The number of pyridine rings is 1. The smallest absolute Gasteiger partial charge is 0.226 e. The molecule has 1 fully saturated rings. The van der Waals surface area contributed by atoms with Gasteiger partial charge in [0.1, 0.15) is 17.2 Å². The minimum Gasteiger partial charge on any atom is -0.386 e. The lowest BCUT2D eigenvalue weighted by atomic mass is 10.0. The quantitative estimate of drug-likeness (QED) is 0.849. The second-order valence-corrected chi connectivity index (χ2v) is 7.10. The first-order valence-electron chi connectivity index (χ1n) is 7.70. The highest BCUT2D eigenvalue weighted by Crippen LogP contribution is 2.25. The Morgan fingerprint density at radius 3 is 3.04 bits per heavy atom. The lowest BCUT2D eigenvalue weighted by molar-refractivity contribution is -0.121. The third-order valence-electron chi connectivity index (χ3n) is 3.99. The van der Waals surface area contributed by atoms with Crippen LogP contribution in [0.2, 0.25) is 0 Å². The fourth-order valence-corrected chi connectivity index (χ4v) is 3.34. The Hall–Kier alpha value is -2.06. The van der Waals surface area contributed by atoms with E-state index in [4.69, 9.17) is 0 Å². The van der Waals surface area contributed by atoms with E-state index in [1.165, 1.54) is 17.4 Å². The number of rotatable bonds is 5. The van der Waals surface area contributed by atoms with Crippen molar-refractivity contribution in [3.63, 3.8) is 0 Å². The molecule has 1 amide bonds. The third kappa shape index (κ3) is 4.07. The molecule has 1 unspecified atom stereocenters. The molecule has 0 radical (unpaired) electrons. The van der Waals surface area contributed by atoms with Crippen LogP contribution in [0.5, 0.6) is 0 Å². The van der Waals surface area contributed by atoms with Crippen molar-refractivity contribution < 1.29 is 14.3 Å². The molecule has 0 saturated carbocycles. The molecule has 2 N–H and O–H groups in total. The summed E-state index contributed by atoms with van der Waals surface area (Å²) < 4.78 is 12.9. The van der Waals surface area contributed by atoms with Crippen LogP contribution < -0.4 is 10.2 Å². The molecule has 0 spiro atoms. The zero-order valence-electron chi connectivity index (χ0n) is 13.3. The molecule has 2 aromatic rings. The second kappa shape index (κ2) is 6.82. The van der Waals surface area contributed by atoms with Gasteiger partial charge in [-0.25, -0.2) is 14.4 Å². The number of thiazole rings is 1. The maximum atomic E-state index is 12.9. The van der Waals surface area contributed by atoms with Gasteiger partial charge in [0, 0.05) is 25.0 Å². The van der Waals surface area contributed by atoms with Crippen LogP contribution in [0.1, 0.15) is 17.1 Å². The maximum absolute atomic E-state index is 12.9. The number of anilines is 1. The summed E-state index contributed by atoms with van der Waals surface area (Å²) in [5.74, 6) is 0.0708. The number of hydrogen-bond acceptors (Lipinski definition) is 6. The van der Waals surface area contributed by atoms with E-state index in [1.54, 1.807) is 6.07 Å². The lowest BCUT2D eigenvalue weighted by Crippen LogP contribution is -2.45. The number of halogens is 1. The molecule has 1 aliphatic heterocycles. The lowest BCUT2D eigenvalue weighted by Gasteiger charge is -2.24. The zero-order chi connectivity index (χ0) is 17.2. The molecule has 1 aliphatic rings. The summed E-state index contributed by atoms with van der Waals surface area (Å²) in [6.45, 7) is 3.02. The number of carbonyl (C=O) groups is 1. The molecule has 0 aromatic carbocycles. The topological polar surface area (TPSA) is 78.3 Å². The Bertz CT molecular complexity index is 721. The van der Waals surface area contributed by atoms with E-state index in [9.17, 15) is 14.3 Å². The summed E-state index contributed by atoms with van der Waals surface area (Å²) in [5.41, 5.74) is -0.269. The van der Waals surface area contributed by atoms with Gasteiger partial charge in [0.15, 0.2) is 0 Å². The normalized spacial score (nSPS) is 20.4. The highest BCUT2D eigenvalue weighted by molar-refractivity contribution is 7.09. The average molecular weight is 350 g/mol. The van der Waals surface area contributed by atoms with Gasteiger partial charge in [-0.05, 0) is 25.5 Å². The van der Waals surface area contributed by atoms with Crippen molar-refractivity contribution in [3.8, 4) is 0 Å². The van der Waals surface area contributed by atoms with Gasteiger partial charge in [-0.2, -0.15) is 0 Å². The number of hydrogen-bond donors (Lipinski definition) is 2. The zero-order valence-corrected chi connectivity index (χ0v) is 14.1. The molecule has 2 aromatic heterocycles. The van der Waals surface area contributed by atoms with E-state index in [0.29, 0.717) is 25.3 Å². The van der Waals surface area contributed by atoms with Crippen molar-refractivity contribution in [3.05, 3.63) is 40.2 Å². The minimum atomic E-state index is -1.01. The van der Waals surface area contributed by atoms with Gasteiger partial charge in [0.2, 0.25) is 5.91 Å². The van der Waals surface area contributed by atoms with E-state index >= 15 is 0 Å². The van der Waals surface area contributed by atoms with Crippen molar-refractivity contribution in [1.29, 1.82) is 0 Å². The molecular weight excluding hydrogens is 331 g/mol. The fraction of sp³-hybridized carbons (Fsp3) is 0.438. The molecule has 24 heavy (non-hydrogen) atoms. The Balaban J connectivity index is 1.51. The third-order valence-corrected chi connectivity index (χ3v) is 4.81. The SMILES string of the molecule is Cc1nc(CC(=O)NCC2(O)CCN(c3ccc(F)cn3)C2)cs1. The molecule has 3 rings (SSSR count). The fourth-order valence-electron chi connectivity index (χ4n) is 2.73. The van der Waals surface area contributed by atoms with Gasteiger partial charge >= 0.3 is 0 Å². The largest absolute Gasteiger partial charge is 0.386 e. The summed E-state index contributed by atoms with van der Waals surface area (Å²) in [6.07, 6.45) is 1.89. The first-order chi connectivity index (χ1) is 11.4. The van der Waals surface area contributed by atoms with Gasteiger partial charge in [-0.1, -0.05) is 0 Å². The van der Waals surface area contributed by atoms with Crippen LogP contribution >= 0.6 is 11.3 Å². The number of amides is 1. The van der Waals surface area contributed by atoms with Crippen LogP contribution in [-0.2, 0) is 11.2 Å². The van der Waals surface area contributed by atoms with Crippen molar-refractivity contribution in [2.24, 2.45) is 0 Å². The summed E-state index contributed by atoms with van der Waals surface area (Å²) >= 11 is 1.51. The molecule has 1 atom stereocenters. The number of nitrogens with zero attached hydrogens (tertiary/aromatic N) is 3. The van der Waals surface area contributed by atoms with Gasteiger partial charge in [0.05, 0.1) is 23.3 Å². The van der Waals surface area contributed by atoms with E-state index in [0.717, 1.165) is 16.9 Å². The molecule has 0 aliphatic carbocycles. The van der Waals surface area contributed by atoms with E-state index in [2.05, 4.69) is 15.3 Å². The summed E-state index contributed by atoms with van der Waals surface area (Å²) in [7, 11) is 0. The van der Waals surface area contributed by atoms with Gasteiger partial charge in [-0.15, -0.1) is 11.3 Å². The number of β-amino-alcohol motifs (C(OH)–C–C–N with tert-alkyl or cyclic N) is 1. The van der Waals surface area contributed by atoms with Crippen molar-refractivity contribution in [2.45, 2.75) is 25.4 Å². The number of aryl methyl sites for hydroxylation is 1. The standard InChI is InChI=1S/C16H19FN4O2S/c1-11-20-13(8-24-11)6-15(22)19-9-16(23)4-5-21(10-16)14-3-2-12(17)7-18-14/h2-3,7-8,23H,4-6,9-10H2,1H3,(H,19,22). The monoisotopic (exact) mass is 350 g/mol. The first kappa shape index (κ1) is 16.8. The predicted octanol–water partition coefficient (Wildman–Crippen LogP) is 1.29.